The number of nitrogens with two attached hydrogens (primary N) is 1. The first-order valence-electron chi connectivity index (χ1n) is 10.4. The Hall–Kier alpha value is -4.18. The standard InChI is InChI=1S/C23H21FN8O/c1-32-12-13(9-28-32)19-11-27-22-21(30-19)16(10-26-22)18-8-14(29-23(25)31-18)6-7-20(33)15-4-2-3-5-17(15)24/h2-5,8-12,20,33H,6-7H2,1H3,(H,26,27)(H2,25,29,31). The number of aromatic nitrogens is 7. The number of aromatic amines is 1. The fourth-order valence-corrected chi connectivity index (χ4v) is 3.75. The van der Waals surface area contributed by atoms with Gasteiger partial charge in [0.1, 0.15) is 11.3 Å². The van der Waals surface area contributed by atoms with Crippen molar-refractivity contribution < 1.29 is 9.50 Å². The molecule has 1 aromatic carbocycles. The largest absolute Gasteiger partial charge is 0.388 e. The average molecular weight is 444 g/mol. The van der Waals surface area contributed by atoms with Crippen LogP contribution in [0.4, 0.5) is 10.3 Å². The van der Waals surface area contributed by atoms with Crippen molar-refractivity contribution in [2.75, 3.05) is 5.73 Å². The number of hydrogen-bond donors (Lipinski definition) is 3. The molecule has 0 saturated heterocycles. The Morgan fingerprint density at radius 3 is 2.79 bits per heavy atom. The number of anilines is 1. The van der Waals surface area contributed by atoms with Gasteiger partial charge in [-0.3, -0.25) is 4.68 Å². The van der Waals surface area contributed by atoms with Crippen molar-refractivity contribution in [2.45, 2.75) is 18.9 Å². The summed E-state index contributed by atoms with van der Waals surface area (Å²) in [6, 6.07) is 7.99. The number of aliphatic hydroxyl groups excluding tert-OH is 1. The molecule has 10 heteroatoms. The molecule has 0 saturated carbocycles. The second-order valence-corrected chi connectivity index (χ2v) is 7.74. The molecule has 9 nitrogen and oxygen atoms in total. The lowest BCUT2D eigenvalue weighted by Crippen LogP contribution is -2.05. The van der Waals surface area contributed by atoms with Crippen LogP contribution in [0.15, 0.2) is 55.1 Å². The summed E-state index contributed by atoms with van der Waals surface area (Å²) in [6.45, 7) is 0. The Kier molecular flexibility index (Phi) is 5.27. The molecule has 0 radical (unpaired) electrons. The van der Waals surface area contributed by atoms with Gasteiger partial charge in [-0.05, 0) is 25.0 Å². The Labute approximate surface area is 188 Å². The van der Waals surface area contributed by atoms with Crippen LogP contribution in [-0.2, 0) is 13.5 Å². The van der Waals surface area contributed by atoms with Gasteiger partial charge in [0, 0.05) is 41.8 Å². The van der Waals surface area contributed by atoms with E-state index in [1.165, 1.54) is 6.07 Å². The van der Waals surface area contributed by atoms with E-state index in [2.05, 4.69) is 25.0 Å². The number of hydrogen-bond acceptors (Lipinski definition) is 7. The second kappa shape index (κ2) is 8.40. The van der Waals surface area contributed by atoms with Crippen LogP contribution < -0.4 is 5.73 Å². The number of aryl methyl sites for hydroxylation is 2. The van der Waals surface area contributed by atoms with E-state index in [0.29, 0.717) is 34.7 Å². The van der Waals surface area contributed by atoms with Crippen LogP contribution in [0.25, 0.3) is 33.7 Å². The van der Waals surface area contributed by atoms with E-state index in [9.17, 15) is 9.50 Å². The smallest absolute Gasteiger partial charge is 0.220 e. The fourth-order valence-electron chi connectivity index (χ4n) is 3.75. The zero-order valence-corrected chi connectivity index (χ0v) is 17.8. The second-order valence-electron chi connectivity index (χ2n) is 7.74. The van der Waals surface area contributed by atoms with E-state index in [1.54, 1.807) is 47.5 Å². The molecule has 33 heavy (non-hydrogen) atoms. The number of H-pyrrole nitrogens is 1. The molecule has 0 aliphatic heterocycles. The number of nitrogens with zero attached hydrogens (tertiary/aromatic N) is 6. The molecule has 1 unspecified atom stereocenters. The van der Waals surface area contributed by atoms with Crippen LogP contribution >= 0.6 is 0 Å². The highest BCUT2D eigenvalue weighted by atomic mass is 19.1. The predicted molar refractivity (Wildman–Crippen MR) is 121 cm³/mol. The van der Waals surface area contributed by atoms with Crippen LogP contribution in [0.2, 0.25) is 0 Å². The van der Waals surface area contributed by atoms with Gasteiger partial charge in [0.05, 0.1) is 29.9 Å². The van der Waals surface area contributed by atoms with Gasteiger partial charge in [-0.15, -0.1) is 0 Å². The number of nitrogen functional groups attached to an aromatic ring is 1. The van der Waals surface area contributed by atoms with Crippen LogP contribution in [0.3, 0.4) is 0 Å². The van der Waals surface area contributed by atoms with Gasteiger partial charge < -0.3 is 15.8 Å². The molecule has 0 spiro atoms. The predicted octanol–water partition coefficient (Wildman–Crippen LogP) is 3.20. The molecule has 166 valence electrons. The van der Waals surface area contributed by atoms with Gasteiger partial charge >= 0.3 is 0 Å². The maximum Gasteiger partial charge on any atom is 0.220 e. The average Bonchev–Trinajstić information content (AvgIpc) is 3.43. The van der Waals surface area contributed by atoms with Crippen LogP contribution in [0, 0.1) is 5.82 Å². The van der Waals surface area contributed by atoms with Crippen LogP contribution in [-0.4, -0.2) is 39.8 Å². The van der Waals surface area contributed by atoms with E-state index >= 15 is 0 Å². The van der Waals surface area contributed by atoms with Crippen molar-refractivity contribution in [2.24, 2.45) is 7.05 Å². The summed E-state index contributed by atoms with van der Waals surface area (Å²) in [5, 5.41) is 14.6. The molecule has 0 aliphatic rings. The molecule has 0 aliphatic carbocycles. The third-order valence-electron chi connectivity index (χ3n) is 5.39. The molecule has 5 rings (SSSR count). The lowest BCUT2D eigenvalue weighted by Gasteiger charge is -2.12. The summed E-state index contributed by atoms with van der Waals surface area (Å²) in [5.41, 5.74) is 11.0. The van der Waals surface area contributed by atoms with E-state index < -0.39 is 11.9 Å². The number of fused-ring (bicyclic) bond motifs is 1. The van der Waals surface area contributed by atoms with Crippen LogP contribution in [0.1, 0.15) is 23.8 Å². The van der Waals surface area contributed by atoms with Gasteiger partial charge in [-0.25, -0.2) is 24.3 Å². The summed E-state index contributed by atoms with van der Waals surface area (Å²) in [7, 11) is 1.84. The highest BCUT2D eigenvalue weighted by Gasteiger charge is 2.16. The first-order valence-corrected chi connectivity index (χ1v) is 10.4. The normalized spacial score (nSPS) is 12.3. The van der Waals surface area contributed by atoms with Crippen molar-refractivity contribution in [3.8, 4) is 22.5 Å². The summed E-state index contributed by atoms with van der Waals surface area (Å²) >= 11 is 0. The lowest BCUT2D eigenvalue weighted by molar-refractivity contribution is 0.163. The number of nitrogens with one attached hydrogen (secondary N) is 1. The van der Waals surface area contributed by atoms with Crippen LogP contribution in [0.5, 0.6) is 0 Å². The monoisotopic (exact) mass is 444 g/mol. The minimum Gasteiger partial charge on any atom is -0.388 e. The number of halogens is 1. The molecular weight excluding hydrogens is 423 g/mol. The molecule has 4 aromatic heterocycles. The first-order chi connectivity index (χ1) is 16.0. The zero-order valence-electron chi connectivity index (χ0n) is 17.8. The van der Waals surface area contributed by atoms with Crippen molar-refractivity contribution in [3.63, 3.8) is 0 Å². The Morgan fingerprint density at radius 2 is 2.00 bits per heavy atom. The third-order valence-corrected chi connectivity index (χ3v) is 5.39. The molecule has 4 heterocycles. The lowest BCUT2D eigenvalue weighted by atomic mass is 10.0. The third kappa shape index (κ3) is 4.15. The Bertz CT molecular complexity index is 1440. The van der Waals surface area contributed by atoms with E-state index in [4.69, 9.17) is 10.7 Å². The summed E-state index contributed by atoms with van der Waals surface area (Å²) < 4.78 is 15.7. The van der Waals surface area contributed by atoms with E-state index in [-0.39, 0.29) is 17.9 Å². The van der Waals surface area contributed by atoms with Gasteiger partial charge in [0.2, 0.25) is 5.95 Å². The van der Waals surface area contributed by atoms with Crippen molar-refractivity contribution in [1.29, 1.82) is 0 Å². The number of aliphatic hydroxyl groups is 1. The van der Waals surface area contributed by atoms with E-state index in [0.717, 1.165) is 11.1 Å². The minimum absolute atomic E-state index is 0.105. The maximum absolute atomic E-state index is 14.0. The molecule has 4 N–H and O–H groups in total. The van der Waals surface area contributed by atoms with E-state index in [1.807, 2.05) is 13.2 Å². The number of benzene rings is 1. The number of rotatable bonds is 6. The topological polar surface area (TPSA) is 131 Å². The highest BCUT2D eigenvalue weighted by molar-refractivity contribution is 5.90. The summed E-state index contributed by atoms with van der Waals surface area (Å²) in [6.07, 6.45) is 6.78. The highest BCUT2D eigenvalue weighted by Crippen LogP contribution is 2.29. The molecule has 5 aromatic rings. The maximum atomic E-state index is 14.0. The zero-order chi connectivity index (χ0) is 22.9. The minimum atomic E-state index is -0.952. The summed E-state index contributed by atoms with van der Waals surface area (Å²) in [5.74, 6) is -0.330. The molecule has 0 bridgehead atoms. The van der Waals surface area contributed by atoms with Crippen molar-refractivity contribution in [1.82, 2.24) is 34.7 Å². The Morgan fingerprint density at radius 1 is 1.15 bits per heavy atom. The van der Waals surface area contributed by atoms with Crippen molar-refractivity contribution in [3.05, 3.63) is 72.2 Å². The first kappa shape index (κ1) is 20.7. The van der Waals surface area contributed by atoms with Gasteiger partial charge in [-0.1, -0.05) is 18.2 Å². The molecule has 0 fully saturated rings. The van der Waals surface area contributed by atoms with Gasteiger partial charge in [-0.2, -0.15) is 5.10 Å². The van der Waals surface area contributed by atoms with Gasteiger partial charge in [0.15, 0.2) is 5.65 Å². The molecular formula is C23H21FN8O. The molecule has 0 amide bonds. The van der Waals surface area contributed by atoms with Gasteiger partial charge in [0.25, 0.3) is 0 Å². The summed E-state index contributed by atoms with van der Waals surface area (Å²) in [4.78, 5) is 21.0. The SMILES string of the molecule is Cn1cc(-c2cnc3[nH]cc(-c4cc(CCC(O)c5ccccc5F)nc(N)n4)c3n2)cn1. The van der Waals surface area contributed by atoms with Crippen molar-refractivity contribution >= 4 is 17.1 Å². The Balaban J connectivity index is 1.44. The quantitative estimate of drug-likeness (QED) is 0.366. The fraction of sp³-hybridized carbons (Fsp3) is 0.174. The molecule has 1 atom stereocenters.